The van der Waals surface area contributed by atoms with Gasteiger partial charge in [-0.3, -0.25) is 9.59 Å². The predicted molar refractivity (Wildman–Crippen MR) is 77.1 cm³/mol. The summed E-state index contributed by atoms with van der Waals surface area (Å²) in [6.07, 6.45) is 0.922. The number of carboxylic acids is 1. The number of aromatic nitrogens is 3. The van der Waals surface area contributed by atoms with Crippen LogP contribution in [0.25, 0.3) is 0 Å². The van der Waals surface area contributed by atoms with E-state index in [4.69, 9.17) is 5.11 Å². The van der Waals surface area contributed by atoms with E-state index in [-0.39, 0.29) is 30.3 Å². The van der Waals surface area contributed by atoms with Gasteiger partial charge in [-0.05, 0) is 24.5 Å². The van der Waals surface area contributed by atoms with Crippen molar-refractivity contribution in [3.05, 3.63) is 57.5 Å². The summed E-state index contributed by atoms with van der Waals surface area (Å²) in [5.41, 5.74) is 0.238. The van der Waals surface area contributed by atoms with E-state index >= 15 is 0 Å². The predicted octanol–water partition coefficient (Wildman–Crippen LogP) is 1.21. The molecule has 1 heterocycles. The average molecular weight is 305 g/mol. The van der Waals surface area contributed by atoms with E-state index in [1.54, 1.807) is 25.1 Å². The van der Waals surface area contributed by atoms with E-state index in [0.29, 0.717) is 18.4 Å². The minimum atomic E-state index is -1.08. The molecule has 0 saturated heterocycles. The Balaban J connectivity index is 2.29. The molecule has 0 aliphatic carbocycles. The standard InChI is InChI=1S/C15H16FN3O3/c1-2-12-15(22)17-13(19(18-12)9-14(20)21)8-7-10-5-3-4-6-11(10)16/h3-6H,2,7-9H2,1H3,(H,20,21). The number of hydrogen-bond donors (Lipinski definition) is 1. The highest BCUT2D eigenvalue weighted by Crippen LogP contribution is 2.09. The molecule has 0 atom stereocenters. The van der Waals surface area contributed by atoms with Crippen molar-refractivity contribution in [1.82, 2.24) is 14.8 Å². The molecule has 0 aliphatic rings. The molecule has 2 rings (SSSR count). The van der Waals surface area contributed by atoms with E-state index in [2.05, 4.69) is 10.1 Å². The van der Waals surface area contributed by atoms with Crippen molar-refractivity contribution in [1.29, 1.82) is 0 Å². The third-order valence-electron chi connectivity index (χ3n) is 3.21. The number of rotatable bonds is 6. The second-order valence-corrected chi connectivity index (χ2v) is 4.78. The molecule has 1 aromatic carbocycles. The van der Waals surface area contributed by atoms with Crippen LogP contribution in [0.15, 0.2) is 29.1 Å². The summed E-state index contributed by atoms with van der Waals surface area (Å²) in [7, 11) is 0. The van der Waals surface area contributed by atoms with Crippen molar-refractivity contribution in [3.8, 4) is 0 Å². The molecule has 6 nitrogen and oxygen atoms in total. The lowest BCUT2D eigenvalue weighted by Gasteiger charge is -2.10. The second kappa shape index (κ2) is 6.93. The fourth-order valence-corrected chi connectivity index (χ4v) is 2.09. The van der Waals surface area contributed by atoms with Gasteiger partial charge in [0.05, 0.1) is 0 Å². The van der Waals surface area contributed by atoms with E-state index in [0.717, 1.165) is 0 Å². The Hall–Kier alpha value is -2.57. The zero-order valence-electron chi connectivity index (χ0n) is 12.1. The number of halogens is 1. The Bertz CT molecular complexity index is 743. The molecule has 7 heteroatoms. The molecule has 0 amide bonds. The quantitative estimate of drug-likeness (QED) is 0.867. The van der Waals surface area contributed by atoms with Crippen LogP contribution in [0, 0.1) is 5.82 Å². The molecule has 0 radical (unpaired) electrons. The number of aliphatic carboxylic acids is 1. The molecule has 1 aromatic heterocycles. The van der Waals surface area contributed by atoms with Gasteiger partial charge in [-0.15, -0.1) is 0 Å². The average Bonchev–Trinajstić information content (AvgIpc) is 2.48. The maximum Gasteiger partial charge on any atom is 0.325 e. The molecule has 0 spiro atoms. The van der Waals surface area contributed by atoms with Crippen LogP contribution in [-0.4, -0.2) is 25.8 Å². The van der Waals surface area contributed by atoms with Crippen LogP contribution in [-0.2, 0) is 30.6 Å². The molecule has 1 N–H and O–H groups in total. The van der Waals surface area contributed by atoms with E-state index in [1.165, 1.54) is 10.7 Å². The smallest absolute Gasteiger partial charge is 0.325 e. The number of carboxylic acid groups (broad SMARTS) is 1. The zero-order chi connectivity index (χ0) is 16.1. The van der Waals surface area contributed by atoms with Crippen molar-refractivity contribution < 1.29 is 14.3 Å². The Morgan fingerprint density at radius 1 is 1.32 bits per heavy atom. The summed E-state index contributed by atoms with van der Waals surface area (Å²) in [5.74, 6) is -1.17. The van der Waals surface area contributed by atoms with Crippen molar-refractivity contribution in [3.63, 3.8) is 0 Å². The number of carbonyl (C=O) groups is 1. The minimum Gasteiger partial charge on any atom is -0.480 e. The lowest BCUT2D eigenvalue weighted by atomic mass is 10.1. The molecule has 0 aliphatic heterocycles. The van der Waals surface area contributed by atoms with Crippen molar-refractivity contribution in [2.24, 2.45) is 0 Å². The first-order valence-corrected chi connectivity index (χ1v) is 6.93. The van der Waals surface area contributed by atoms with Crippen molar-refractivity contribution in [2.45, 2.75) is 32.7 Å². The van der Waals surface area contributed by atoms with Crippen LogP contribution in [0.3, 0.4) is 0 Å². The van der Waals surface area contributed by atoms with Gasteiger partial charge in [0, 0.05) is 6.42 Å². The summed E-state index contributed by atoms with van der Waals surface area (Å²) in [6.45, 7) is 1.36. The van der Waals surface area contributed by atoms with Crippen molar-refractivity contribution in [2.75, 3.05) is 0 Å². The normalized spacial score (nSPS) is 10.6. The molecule has 0 saturated carbocycles. The van der Waals surface area contributed by atoms with E-state index < -0.39 is 11.5 Å². The lowest BCUT2D eigenvalue weighted by Crippen LogP contribution is -2.27. The lowest BCUT2D eigenvalue weighted by molar-refractivity contribution is -0.138. The first-order chi connectivity index (χ1) is 10.5. The molecule has 116 valence electrons. The van der Waals surface area contributed by atoms with Crippen LogP contribution in [0.2, 0.25) is 0 Å². The monoisotopic (exact) mass is 305 g/mol. The largest absolute Gasteiger partial charge is 0.480 e. The Morgan fingerprint density at radius 2 is 2.05 bits per heavy atom. The maximum absolute atomic E-state index is 13.6. The molecule has 22 heavy (non-hydrogen) atoms. The van der Waals surface area contributed by atoms with Crippen LogP contribution in [0.5, 0.6) is 0 Å². The van der Waals surface area contributed by atoms with Gasteiger partial charge < -0.3 is 5.11 Å². The molecule has 0 fully saturated rings. The van der Waals surface area contributed by atoms with Crippen molar-refractivity contribution >= 4 is 5.97 Å². The third kappa shape index (κ3) is 3.75. The van der Waals surface area contributed by atoms with Crippen LogP contribution in [0.1, 0.15) is 24.0 Å². The fraction of sp³-hybridized carbons (Fsp3) is 0.333. The molecular weight excluding hydrogens is 289 g/mol. The van der Waals surface area contributed by atoms with Gasteiger partial charge in [0.25, 0.3) is 5.56 Å². The fourth-order valence-electron chi connectivity index (χ4n) is 2.09. The third-order valence-corrected chi connectivity index (χ3v) is 3.21. The van der Waals surface area contributed by atoms with Gasteiger partial charge in [-0.25, -0.2) is 9.07 Å². The highest BCUT2D eigenvalue weighted by atomic mass is 19.1. The van der Waals surface area contributed by atoms with Crippen LogP contribution >= 0.6 is 0 Å². The van der Waals surface area contributed by atoms with Gasteiger partial charge in [0.1, 0.15) is 23.9 Å². The zero-order valence-corrected chi connectivity index (χ0v) is 12.1. The Labute approximate surface area is 126 Å². The summed E-state index contributed by atoms with van der Waals surface area (Å²) < 4.78 is 14.8. The number of benzene rings is 1. The number of nitrogens with zero attached hydrogens (tertiary/aromatic N) is 3. The second-order valence-electron chi connectivity index (χ2n) is 4.78. The molecule has 2 aromatic rings. The van der Waals surface area contributed by atoms with Gasteiger partial charge in [-0.2, -0.15) is 10.1 Å². The first kappa shape index (κ1) is 15.8. The minimum absolute atomic E-state index is 0.218. The molecular formula is C15H16FN3O3. The van der Waals surface area contributed by atoms with Gasteiger partial charge in [0.2, 0.25) is 0 Å². The molecule has 0 bridgehead atoms. The van der Waals surface area contributed by atoms with E-state index in [1.807, 2.05) is 0 Å². The van der Waals surface area contributed by atoms with E-state index in [9.17, 15) is 14.0 Å². The molecule has 0 unspecified atom stereocenters. The topological polar surface area (TPSA) is 85.1 Å². The SMILES string of the molecule is CCc1nn(CC(=O)O)c(CCc2ccccc2F)nc1=O. The van der Waals surface area contributed by atoms with Gasteiger partial charge >= 0.3 is 5.97 Å². The van der Waals surface area contributed by atoms with Gasteiger partial charge in [-0.1, -0.05) is 25.1 Å². The Morgan fingerprint density at radius 3 is 2.68 bits per heavy atom. The van der Waals surface area contributed by atoms with Crippen LogP contribution < -0.4 is 5.56 Å². The summed E-state index contributed by atoms with van der Waals surface area (Å²) in [5, 5.41) is 13.0. The van der Waals surface area contributed by atoms with Gasteiger partial charge in [0.15, 0.2) is 0 Å². The summed E-state index contributed by atoms with van der Waals surface area (Å²) in [4.78, 5) is 26.6. The van der Waals surface area contributed by atoms with Crippen LogP contribution in [0.4, 0.5) is 4.39 Å². The summed E-state index contributed by atoms with van der Waals surface area (Å²) >= 11 is 0. The summed E-state index contributed by atoms with van der Waals surface area (Å²) in [6, 6.07) is 6.30. The number of aryl methyl sites for hydroxylation is 3. The maximum atomic E-state index is 13.6. The first-order valence-electron chi connectivity index (χ1n) is 6.93. The number of hydrogen-bond acceptors (Lipinski definition) is 4. The highest BCUT2D eigenvalue weighted by Gasteiger charge is 2.12. The Kier molecular flexibility index (Phi) is 4.98. The highest BCUT2D eigenvalue weighted by molar-refractivity contribution is 5.66.